The summed E-state index contributed by atoms with van der Waals surface area (Å²) < 4.78 is 27.7. The van der Waals surface area contributed by atoms with Gasteiger partial charge in [-0.25, -0.2) is 4.98 Å². The molecule has 0 saturated carbocycles. The maximum Gasteiger partial charge on any atom is 0.310 e. The molecule has 0 aliphatic heterocycles. The predicted octanol–water partition coefficient (Wildman–Crippen LogP) is 5.53. The highest BCUT2D eigenvalue weighted by molar-refractivity contribution is 5.73. The predicted molar refractivity (Wildman–Crippen MR) is 130 cm³/mol. The molecule has 180 valence electrons. The molecule has 0 aliphatic rings. The molecular formula is C28H27NO6. The summed E-state index contributed by atoms with van der Waals surface area (Å²) in [5.74, 6) is 2.94. The minimum absolute atomic E-state index is 0.100. The van der Waals surface area contributed by atoms with Crippen LogP contribution in [0.15, 0.2) is 77.2 Å². The van der Waals surface area contributed by atoms with Crippen LogP contribution in [0.4, 0.5) is 0 Å². The Balaban J connectivity index is 1.35. The van der Waals surface area contributed by atoms with Crippen LogP contribution in [-0.2, 0) is 29.2 Å². The topological polar surface area (TPSA) is 80.0 Å². The van der Waals surface area contributed by atoms with Gasteiger partial charge in [-0.15, -0.1) is 0 Å². The monoisotopic (exact) mass is 473 g/mol. The average Bonchev–Trinajstić information content (AvgIpc) is 3.28. The van der Waals surface area contributed by atoms with E-state index in [2.05, 4.69) is 4.98 Å². The van der Waals surface area contributed by atoms with Gasteiger partial charge in [0.15, 0.2) is 0 Å². The lowest BCUT2D eigenvalue weighted by Gasteiger charge is -2.13. The van der Waals surface area contributed by atoms with Crippen molar-refractivity contribution >= 4 is 5.97 Å². The van der Waals surface area contributed by atoms with Gasteiger partial charge < -0.3 is 23.4 Å². The van der Waals surface area contributed by atoms with E-state index in [1.54, 1.807) is 25.3 Å². The first-order chi connectivity index (χ1) is 17.1. The van der Waals surface area contributed by atoms with Gasteiger partial charge in [0, 0.05) is 11.1 Å². The summed E-state index contributed by atoms with van der Waals surface area (Å²) in [5, 5.41) is 0. The molecule has 3 aromatic carbocycles. The van der Waals surface area contributed by atoms with Crippen molar-refractivity contribution in [3.63, 3.8) is 0 Å². The van der Waals surface area contributed by atoms with Crippen molar-refractivity contribution in [1.82, 2.24) is 4.98 Å². The number of esters is 1. The Morgan fingerprint density at radius 2 is 1.63 bits per heavy atom. The first kappa shape index (κ1) is 23.9. The number of ether oxygens (including phenoxy) is 4. The first-order valence-electron chi connectivity index (χ1n) is 11.2. The molecule has 0 amide bonds. The third-order valence-electron chi connectivity index (χ3n) is 5.44. The molecule has 0 radical (unpaired) electrons. The minimum atomic E-state index is -0.345. The lowest BCUT2D eigenvalue weighted by atomic mass is 10.1. The number of aryl methyl sites for hydroxylation is 1. The summed E-state index contributed by atoms with van der Waals surface area (Å²) in [6.45, 7) is 2.52. The zero-order valence-electron chi connectivity index (χ0n) is 19.9. The molecular weight excluding hydrogens is 446 g/mol. The molecule has 0 aliphatic carbocycles. The van der Waals surface area contributed by atoms with E-state index in [-0.39, 0.29) is 12.4 Å². The standard InChI is InChI=1S/C28H27NO6/c1-19-25(29-28(35-19)21-7-5-4-6-8-21)18-33-23-11-9-20(10-12-23)17-34-26-14-13-24(31-2)15-22(26)16-27(30)32-3/h4-15H,16-18H2,1-3H3. The Labute approximate surface area is 204 Å². The van der Waals surface area contributed by atoms with Crippen molar-refractivity contribution in [1.29, 1.82) is 0 Å². The Bertz CT molecular complexity index is 1260. The number of aromatic nitrogens is 1. The SMILES string of the molecule is COC(=O)Cc1cc(OC)ccc1OCc1ccc(OCc2nc(-c3ccccc3)oc2C)cc1. The van der Waals surface area contributed by atoms with Gasteiger partial charge >= 0.3 is 5.97 Å². The van der Waals surface area contributed by atoms with Gasteiger partial charge in [-0.1, -0.05) is 30.3 Å². The fourth-order valence-corrected chi connectivity index (χ4v) is 3.45. The second kappa shape index (κ2) is 11.2. The van der Waals surface area contributed by atoms with Crippen LogP contribution in [-0.4, -0.2) is 25.2 Å². The highest BCUT2D eigenvalue weighted by atomic mass is 16.5. The van der Waals surface area contributed by atoms with Crippen molar-refractivity contribution < 1.29 is 28.2 Å². The number of rotatable bonds is 10. The zero-order valence-corrected chi connectivity index (χ0v) is 19.9. The molecule has 7 nitrogen and oxygen atoms in total. The second-order valence-electron chi connectivity index (χ2n) is 7.84. The summed E-state index contributed by atoms with van der Waals surface area (Å²) in [7, 11) is 2.94. The second-order valence-corrected chi connectivity index (χ2v) is 7.84. The summed E-state index contributed by atoms with van der Waals surface area (Å²) in [6, 6.07) is 22.8. The van der Waals surface area contributed by atoms with Crippen LogP contribution in [0.2, 0.25) is 0 Å². The lowest BCUT2D eigenvalue weighted by Crippen LogP contribution is -2.07. The maximum atomic E-state index is 11.8. The van der Waals surface area contributed by atoms with Crippen LogP contribution in [0, 0.1) is 6.92 Å². The molecule has 0 N–H and O–H groups in total. The fraction of sp³-hybridized carbons (Fsp3) is 0.214. The number of carbonyl (C=O) groups excluding carboxylic acids is 1. The van der Waals surface area contributed by atoms with Gasteiger partial charge in [-0.3, -0.25) is 4.79 Å². The third kappa shape index (κ3) is 6.20. The molecule has 0 saturated heterocycles. The fourth-order valence-electron chi connectivity index (χ4n) is 3.45. The number of hydrogen-bond acceptors (Lipinski definition) is 7. The number of carbonyl (C=O) groups is 1. The molecule has 4 rings (SSSR count). The number of benzene rings is 3. The number of hydrogen-bond donors (Lipinski definition) is 0. The number of nitrogens with zero attached hydrogens (tertiary/aromatic N) is 1. The summed E-state index contributed by atoms with van der Waals surface area (Å²) >= 11 is 0. The minimum Gasteiger partial charge on any atom is -0.497 e. The Morgan fingerprint density at radius 3 is 2.34 bits per heavy atom. The molecule has 0 fully saturated rings. The number of oxazole rings is 1. The molecule has 7 heteroatoms. The molecule has 0 unspecified atom stereocenters. The van der Waals surface area contributed by atoms with Gasteiger partial charge in [0.25, 0.3) is 0 Å². The van der Waals surface area contributed by atoms with Gasteiger partial charge in [0.2, 0.25) is 5.89 Å². The highest BCUT2D eigenvalue weighted by Crippen LogP contribution is 2.27. The third-order valence-corrected chi connectivity index (χ3v) is 5.44. The van der Waals surface area contributed by atoms with Crippen molar-refractivity contribution in [3.8, 4) is 28.7 Å². The Kier molecular flexibility index (Phi) is 7.67. The summed E-state index contributed by atoms with van der Waals surface area (Å²) in [4.78, 5) is 16.3. The van der Waals surface area contributed by atoms with E-state index in [4.69, 9.17) is 23.4 Å². The van der Waals surface area contributed by atoms with Gasteiger partial charge in [-0.2, -0.15) is 0 Å². The molecule has 0 spiro atoms. The smallest absolute Gasteiger partial charge is 0.310 e. The van der Waals surface area contributed by atoms with Crippen LogP contribution in [0.3, 0.4) is 0 Å². The van der Waals surface area contributed by atoms with Crippen molar-refractivity contribution in [2.45, 2.75) is 26.6 Å². The van der Waals surface area contributed by atoms with E-state index >= 15 is 0 Å². The molecule has 0 bridgehead atoms. The van der Waals surface area contributed by atoms with E-state index in [1.165, 1.54) is 7.11 Å². The van der Waals surface area contributed by atoms with E-state index in [1.807, 2.05) is 61.5 Å². The summed E-state index contributed by atoms with van der Waals surface area (Å²) in [5.41, 5.74) is 3.35. The van der Waals surface area contributed by atoms with E-state index < -0.39 is 0 Å². The van der Waals surface area contributed by atoms with Crippen molar-refractivity contribution in [3.05, 3.63) is 95.4 Å². The average molecular weight is 474 g/mol. The zero-order chi connectivity index (χ0) is 24.6. The van der Waals surface area contributed by atoms with Crippen LogP contribution >= 0.6 is 0 Å². The van der Waals surface area contributed by atoms with E-state index in [9.17, 15) is 4.79 Å². The normalized spacial score (nSPS) is 10.6. The maximum absolute atomic E-state index is 11.8. The largest absolute Gasteiger partial charge is 0.497 e. The van der Waals surface area contributed by atoms with E-state index in [0.717, 1.165) is 22.6 Å². The van der Waals surface area contributed by atoms with Gasteiger partial charge in [0.1, 0.15) is 41.9 Å². The van der Waals surface area contributed by atoms with Crippen molar-refractivity contribution in [2.24, 2.45) is 0 Å². The molecule has 0 atom stereocenters. The van der Waals surface area contributed by atoms with Crippen LogP contribution in [0.1, 0.15) is 22.6 Å². The first-order valence-corrected chi connectivity index (χ1v) is 11.2. The number of methoxy groups -OCH3 is 2. The van der Waals surface area contributed by atoms with Crippen molar-refractivity contribution in [2.75, 3.05) is 14.2 Å². The highest BCUT2D eigenvalue weighted by Gasteiger charge is 2.13. The van der Waals surface area contributed by atoms with Crippen LogP contribution < -0.4 is 14.2 Å². The quantitative estimate of drug-likeness (QED) is 0.280. The van der Waals surface area contributed by atoms with Crippen LogP contribution in [0.25, 0.3) is 11.5 Å². The van der Waals surface area contributed by atoms with Gasteiger partial charge in [0.05, 0.1) is 20.6 Å². The Morgan fingerprint density at radius 1 is 0.886 bits per heavy atom. The van der Waals surface area contributed by atoms with Gasteiger partial charge in [-0.05, 0) is 55.0 Å². The summed E-state index contributed by atoms with van der Waals surface area (Å²) in [6.07, 6.45) is 0.100. The Hall–Kier alpha value is -4.26. The molecule has 4 aromatic rings. The molecule has 1 heterocycles. The lowest BCUT2D eigenvalue weighted by molar-refractivity contribution is -0.139. The molecule has 1 aromatic heterocycles. The molecule has 35 heavy (non-hydrogen) atoms. The van der Waals surface area contributed by atoms with E-state index in [0.29, 0.717) is 41.9 Å². The van der Waals surface area contributed by atoms with Crippen LogP contribution in [0.5, 0.6) is 17.2 Å².